The third-order valence-electron chi connectivity index (χ3n) is 2.26. The molecule has 0 amide bonds. The Morgan fingerprint density at radius 1 is 1.50 bits per heavy atom. The number of rotatable bonds is 9. The third kappa shape index (κ3) is 6.83. The summed E-state index contributed by atoms with van der Waals surface area (Å²) < 4.78 is 4.81. The number of aliphatic hydroxyl groups excluding tert-OH is 1. The molecule has 3 unspecified atom stereocenters. The lowest BCUT2D eigenvalue weighted by Crippen LogP contribution is -2.22. The predicted molar refractivity (Wildman–Crippen MR) is 67.5 cm³/mol. The molecule has 0 bridgehead atoms. The van der Waals surface area contributed by atoms with Gasteiger partial charge < -0.3 is 9.84 Å². The fourth-order valence-corrected chi connectivity index (χ4v) is 2.10. The molecule has 16 heavy (non-hydrogen) atoms. The Balaban J connectivity index is 3.98. The average Bonchev–Trinajstić information content (AvgIpc) is 2.26. The van der Waals surface area contributed by atoms with E-state index in [0.29, 0.717) is 19.3 Å². The highest BCUT2D eigenvalue weighted by Gasteiger charge is 2.16. The molecular formula is C12H19BrO3. The second-order valence-corrected chi connectivity index (χ2v) is 4.77. The molecule has 92 valence electrons. The molecule has 0 aromatic carbocycles. The topological polar surface area (TPSA) is 46.5 Å². The normalized spacial score (nSPS) is 15.7. The maximum absolute atomic E-state index is 10.2. The fourth-order valence-electron chi connectivity index (χ4n) is 1.38. The van der Waals surface area contributed by atoms with Gasteiger partial charge in [-0.05, 0) is 25.3 Å². The van der Waals surface area contributed by atoms with Gasteiger partial charge in [-0.3, -0.25) is 4.79 Å². The first kappa shape index (κ1) is 15.4. The van der Waals surface area contributed by atoms with Gasteiger partial charge in [-0.1, -0.05) is 35.9 Å². The molecule has 0 rings (SSSR count). The summed E-state index contributed by atoms with van der Waals surface area (Å²) >= 11 is 3.43. The van der Waals surface area contributed by atoms with Crippen LogP contribution in [-0.4, -0.2) is 28.6 Å². The van der Waals surface area contributed by atoms with E-state index >= 15 is 0 Å². The van der Waals surface area contributed by atoms with Crippen LogP contribution in [0.2, 0.25) is 0 Å². The van der Waals surface area contributed by atoms with E-state index in [0.717, 1.165) is 12.8 Å². The molecule has 0 fully saturated rings. The van der Waals surface area contributed by atoms with Gasteiger partial charge >= 0.3 is 0 Å². The Morgan fingerprint density at radius 3 is 2.69 bits per heavy atom. The summed E-state index contributed by atoms with van der Waals surface area (Å²) in [5.74, 6) is 0. The lowest BCUT2D eigenvalue weighted by molar-refractivity contribution is -0.132. The van der Waals surface area contributed by atoms with Crippen molar-refractivity contribution in [2.45, 2.75) is 49.6 Å². The summed E-state index contributed by atoms with van der Waals surface area (Å²) in [5.41, 5.74) is 2.58. The Labute approximate surface area is 105 Å². The second-order valence-electron chi connectivity index (χ2n) is 3.59. The molecule has 0 radical (unpaired) electrons. The van der Waals surface area contributed by atoms with Crippen molar-refractivity contribution < 1.29 is 14.6 Å². The standard InChI is InChI=1S/C12H19BrO3/c1-3-5-10(16-9-14)7-8-12(15)11(13)6-4-2/h5,9-12,15H,1,4,6-8H2,2H3. The summed E-state index contributed by atoms with van der Waals surface area (Å²) in [6.45, 7) is 5.90. The van der Waals surface area contributed by atoms with Crippen molar-refractivity contribution >= 4 is 22.4 Å². The van der Waals surface area contributed by atoms with Crippen LogP contribution in [0.5, 0.6) is 0 Å². The van der Waals surface area contributed by atoms with Crippen LogP contribution in [0.3, 0.4) is 0 Å². The number of aliphatic hydroxyl groups is 1. The number of halogens is 1. The van der Waals surface area contributed by atoms with Gasteiger partial charge in [0.15, 0.2) is 0 Å². The number of hydrogen-bond acceptors (Lipinski definition) is 3. The smallest absolute Gasteiger partial charge is 0.293 e. The Bertz CT molecular complexity index is 236. The van der Waals surface area contributed by atoms with Crippen molar-refractivity contribution in [3.05, 3.63) is 18.4 Å². The largest absolute Gasteiger partial charge is 0.460 e. The van der Waals surface area contributed by atoms with Crippen molar-refractivity contribution in [3.8, 4) is 0 Å². The highest BCUT2D eigenvalue weighted by molar-refractivity contribution is 9.09. The van der Waals surface area contributed by atoms with Crippen molar-refractivity contribution in [1.82, 2.24) is 0 Å². The van der Waals surface area contributed by atoms with Crippen LogP contribution in [-0.2, 0) is 9.53 Å². The molecule has 0 aliphatic rings. The first-order valence-electron chi connectivity index (χ1n) is 5.42. The SMILES string of the molecule is C=C=CC(CCC(O)C(Br)CCC)OC=O. The van der Waals surface area contributed by atoms with Gasteiger partial charge in [-0.25, -0.2) is 0 Å². The zero-order chi connectivity index (χ0) is 12.4. The van der Waals surface area contributed by atoms with Gasteiger partial charge in [0, 0.05) is 4.83 Å². The van der Waals surface area contributed by atoms with Crippen LogP contribution >= 0.6 is 15.9 Å². The first-order valence-corrected chi connectivity index (χ1v) is 6.34. The zero-order valence-electron chi connectivity index (χ0n) is 9.56. The van der Waals surface area contributed by atoms with Crippen LogP contribution in [0.4, 0.5) is 0 Å². The quantitative estimate of drug-likeness (QED) is 0.403. The lowest BCUT2D eigenvalue weighted by Gasteiger charge is -2.18. The van der Waals surface area contributed by atoms with Crippen molar-refractivity contribution in [2.75, 3.05) is 0 Å². The average molecular weight is 291 g/mol. The minimum absolute atomic E-state index is 0.0992. The number of hydrogen-bond donors (Lipinski definition) is 1. The Morgan fingerprint density at radius 2 is 2.19 bits per heavy atom. The number of ether oxygens (including phenoxy) is 1. The molecule has 0 aromatic rings. The minimum Gasteiger partial charge on any atom is -0.460 e. The van der Waals surface area contributed by atoms with E-state index in [9.17, 15) is 9.90 Å². The summed E-state index contributed by atoms with van der Waals surface area (Å²) in [6, 6.07) is 0. The summed E-state index contributed by atoms with van der Waals surface area (Å²) in [7, 11) is 0. The summed E-state index contributed by atoms with van der Waals surface area (Å²) in [4.78, 5) is 10.3. The molecule has 0 aromatic heterocycles. The van der Waals surface area contributed by atoms with Gasteiger partial charge in [0.25, 0.3) is 6.47 Å². The van der Waals surface area contributed by atoms with E-state index in [1.54, 1.807) is 6.08 Å². The Hall–Kier alpha value is -0.570. The second kappa shape index (κ2) is 9.64. The first-order chi connectivity index (χ1) is 7.65. The maximum atomic E-state index is 10.2. The molecule has 0 saturated heterocycles. The molecular weight excluding hydrogens is 272 g/mol. The van der Waals surface area contributed by atoms with Gasteiger partial charge in [-0.2, -0.15) is 0 Å². The van der Waals surface area contributed by atoms with Gasteiger partial charge in [0.1, 0.15) is 6.10 Å². The van der Waals surface area contributed by atoms with E-state index in [1.807, 2.05) is 0 Å². The molecule has 1 N–H and O–H groups in total. The van der Waals surface area contributed by atoms with Crippen LogP contribution < -0.4 is 0 Å². The minimum atomic E-state index is -0.420. The molecule has 0 aliphatic carbocycles. The predicted octanol–water partition coefficient (Wildman–Crippen LogP) is 2.57. The number of alkyl halides is 1. The van der Waals surface area contributed by atoms with Gasteiger partial charge in [0.2, 0.25) is 0 Å². The highest BCUT2D eigenvalue weighted by atomic mass is 79.9. The van der Waals surface area contributed by atoms with Gasteiger partial charge in [0.05, 0.1) is 6.10 Å². The molecule has 0 aliphatic heterocycles. The van der Waals surface area contributed by atoms with Gasteiger partial charge in [-0.15, -0.1) is 5.73 Å². The van der Waals surface area contributed by atoms with Crippen molar-refractivity contribution in [3.63, 3.8) is 0 Å². The zero-order valence-corrected chi connectivity index (χ0v) is 11.1. The fraction of sp³-hybridized carbons (Fsp3) is 0.667. The molecule has 4 heteroatoms. The molecule has 0 spiro atoms. The lowest BCUT2D eigenvalue weighted by atomic mass is 10.0. The summed E-state index contributed by atoms with van der Waals surface area (Å²) in [6.07, 6.45) is 3.93. The van der Waals surface area contributed by atoms with E-state index < -0.39 is 6.10 Å². The monoisotopic (exact) mass is 290 g/mol. The molecule has 3 nitrogen and oxygen atoms in total. The van der Waals surface area contributed by atoms with Crippen LogP contribution in [0, 0.1) is 0 Å². The Kier molecular flexibility index (Phi) is 9.30. The van der Waals surface area contributed by atoms with E-state index in [-0.39, 0.29) is 10.9 Å². The maximum Gasteiger partial charge on any atom is 0.293 e. The van der Waals surface area contributed by atoms with Crippen molar-refractivity contribution in [1.29, 1.82) is 0 Å². The molecule has 3 atom stereocenters. The highest BCUT2D eigenvalue weighted by Crippen LogP contribution is 2.18. The van der Waals surface area contributed by atoms with Crippen LogP contribution in [0.15, 0.2) is 18.4 Å². The third-order valence-corrected chi connectivity index (χ3v) is 3.33. The van der Waals surface area contributed by atoms with E-state index in [2.05, 4.69) is 35.2 Å². The van der Waals surface area contributed by atoms with E-state index in [4.69, 9.17) is 4.74 Å². The van der Waals surface area contributed by atoms with E-state index in [1.165, 1.54) is 0 Å². The molecule has 0 saturated carbocycles. The number of carbonyl (C=O) groups is 1. The van der Waals surface area contributed by atoms with Crippen LogP contribution in [0.1, 0.15) is 32.6 Å². The number of carbonyl (C=O) groups excluding carboxylic acids is 1. The molecule has 0 heterocycles. The van der Waals surface area contributed by atoms with Crippen LogP contribution in [0.25, 0.3) is 0 Å². The summed E-state index contributed by atoms with van der Waals surface area (Å²) in [5, 5.41) is 9.79. The van der Waals surface area contributed by atoms with Crippen molar-refractivity contribution in [2.24, 2.45) is 0 Å².